The molecule has 1 unspecified atom stereocenters. The maximum Gasteiger partial charge on any atom is 0.106 e. The Hall–Kier alpha value is -2.23. The summed E-state index contributed by atoms with van der Waals surface area (Å²) in [4.78, 5) is 4.36. The van der Waals surface area contributed by atoms with E-state index >= 15 is 0 Å². The number of rotatable bonds is 2. The number of aliphatic hydroxyl groups excluding tert-OH is 1. The van der Waals surface area contributed by atoms with Crippen molar-refractivity contribution in [1.82, 2.24) is 4.98 Å². The quantitative estimate of drug-likeness (QED) is 0.588. The predicted molar refractivity (Wildman–Crippen MR) is 87.6 cm³/mol. The zero-order chi connectivity index (χ0) is 14.2. The molecule has 4 aromatic rings. The molecule has 0 amide bonds. The Kier molecular flexibility index (Phi) is 2.95. The molecule has 3 heteroatoms. The van der Waals surface area contributed by atoms with Gasteiger partial charge in [0, 0.05) is 21.8 Å². The molecule has 1 atom stereocenters. The lowest BCUT2D eigenvalue weighted by atomic mass is 9.97. The molecular formula is C18H13NOS. The minimum absolute atomic E-state index is 0.639. The third-order valence-corrected chi connectivity index (χ3v) is 4.76. The van der Waals surface area contributed by atoms with Gasteiger partial charge in [-0.3, -0.25) is 4.98 Å². The molecule has 102 valence electrons. The van der Waals surface area contributed by atoms with E-state index in [0.29, 0.717) is 0 Å². The molecule has 0 aliphatic rings. The average Bonchev–Trinajstić information content (AvgIpc) is 3.02. The smallest absolute Gasteiger partial charge is 0.106 e. The number of aromatic nitrogens is 1. The third-order valence-electron chi connectivity index (χ3n) is 3.78. The third kappa shape index (κ3) is 2.02. The number of hydrogen-bond donors (Lipinski definition) is 1. The highest BCUT2D eigenvalue weighted by Gasteiger charge is 2.16. The molecule has 1 N–H and O–H groups in total. The summed E-state index contributed by atoms with van der Waals surface area (Å²) in [7, 11) is 0. The van der Waals surface area contributed by atoms with Crippen LogP contribution in [-0.2, 0) is 0 Å². The molecule has 2 aromatic carbocycles. The van der Waals surface area contributed by atoms with Gasteiger partial charge in [-0.25, -0.2) is 0 Å². The lowest BCUT2D eigenvalue weighted by molar-refractivity contribution is 0.223. The van der Waals surface area contributed by atoms with Crippen LogP contribution in [0.15, 0.2) is 66.2 Å². The number of aliphatic hydroxyl groups is 1. The van der Waals surface area contributed by atoms with E-state index in [1.165, 1.54) is 5.39 Å². The number of nitrogens with zero attached hydrogens (tertiary/aromatic N) is 1. The normalized spacial score (nSPS) is 12.8. The number of fused-ring (bicyclic) bond motifs is 2. The standard InChI is InChI=1S/C18H13NOS/c20-17(15-6-1-4-12-9-11-21-18(12)15)14-5-2-8-16-13(14)7-3-10-19-16/h1-11,17,20H. The van der Waals surface area contributed by atoms with Gasteiger partial charge in [0.05, 0.1) is 5.52 Å². The van der Waals surface area contributed by atoms with Crippen molar-refractivity contribution in [3.8, 4) is 0 Å². The molecule has 2 nitrogen and oxygen atoms in total. The summed E-state index contributed by atoms with van der Waals surface area (Å²) in [5, 5.41) is 15.1. The second kappa shape index (κ2) is 4.95. The molecular weight excluding hydrogens is 278 g/mol. The minimum atomic E-state index is -0.639. The second-order valence-electron chi connectivity index (χ2n) is 5.01. The first kappa shape index (κ1) is 12.5. The van der Waals surface area contributed by atoms with E-state index < -0.39 is 6.10 Å². The number of hydrogen-bond acceptors (Lipinski definition) is 3. The highest BCUT2D eigenvalue weighted by molar-refractivity contribution is 7.17. The maximum atomic E-state index is 10.9. The first-order chi connectivity index (χ1) is 10.3. The van der Waals surface area contributed by atoms with E-state index in [1.54, 1.807) is 17.5 Å². The van der Waals surface area contributed by atoms with Crippen molar-refractivity contribution in [2.75, 3.05) is 0 Å². The number of pyridine rings is 1. The molecule has 2 heterocycles. The molecule has 0 spiro atoms. The van der Waals surface area contributed by atoms with Crippen molar-refractivity contribution in [1.29, 1.82) is 0 Å². The number of thiophene rings is 1. The maximum absolute atomic E-state index is 10.9. The van der Waals surface area contributed by atoms with Gasteiger partial charge in [-0.2, -0.15) is 0 Å². The first-order valence-corrected chi connectivity index (χ1v) is 7.70. The van der Waals surface area contributed by atoms with Crippen LogP contribution in [0.4, 0.5) is 0 Å². The second-order valence-corrected chi connectivity index (χ2v) is 5.92. The van der Waals surface area contributed by atoms with E-state index in [9.17, 15) is 5.11 Å². The van der Waals surface area contributed by atoms with E-state index in [2.05, 4.69) is 22.5 Å². The van der Waals surface area contributed by atoms with Crippen LogP contribution in [0.1, 0.15) is 17.2 Å². The predicted octanol–water partition coefficient (Wildman–Crippen LogP) is 4.53. The van der Waals surface area contributed by atoms with Crippen molar-refractivity contribution in [3.63, 3.8) is 0 Å². The summed E-state index contributed by atoms with van der Waals surface area (Å²) in [6, 6.07) is 18.0. The first-order valence-electron chi connectivity index (χ1n) is 6.82. The molecule has 0 aliphatic carbocycles. The molecule has 0 aliphatic heterocycles. The molecule has 0 saturated carbocycles. The minimum Gasteiger partial charge on any atom is -0.384 e. The van der Waals surface area contributed by atoms with Crippen LogP contribution in [0, 0.1) is 0 Å². The van der Waals surface area contributed by atoms with Gasteiger partial charge < -0.3 is 5.11 Å². The number of benzene rings is 2. The Bertz CT molecular complexity index is 923. The van der Waals surface area contributed by atoms with E-state index in [4.69, 9.17) is 0 Å². The van der Waals surface area contributed by atoms with Gasteiger partial charge >= 0.3 is 0 Å². The average molecular weight is 291 g/mol. The van der Waals surface area contributed by atoms with Gasteiger partial charge in [0.15, 0.2) is 0 Å². The van der Waals surface area contributed by atoms with E-state index in [-0.39, 0.29) is 0 Å². The molecule has 0 fully saturated rings. The summed E-state index contributed by atoms with van der Waals surface area (Å²) in [5.74, 6) is 0. The zero-order valence-electron chi connectivity index (χ0n) is 11.2. The fourth-order valence-corrected chi connectivity index (χ4v) is 3.70. The van der Waals surface area contributed by atoms with Crippen molar-refractivity contribution in [2.45, 2.75) is 6.10 Å². The molecule has 21 heavy (non-hydrogen) atoms. The Morgan fingerprint density at radius 1 is 0.905 bits per heavy atom. The van der Waals surface area contributed by atoms with E-state index in [0.717, 1.165) is 26.7 Å². The Balaban J connectivity index is 1.94. The summed E-state index contributed by atoms with van der Waals surface area (Å²) >= 11 is 1.67. The van der Waals surface area contributed by atoms with Crippen molar-refractivity contribution in [2.24, 2.45) is 0 Å². The molecule has 0 bridgehead atoms. The summed E-state index contributed by atoms with van der Waals surface area (Å²) in [5.41, 5.74) is 2.77. The Labute approximate surface area is 126 Å². The van der Waals surface area contributed by atoms with Crippen molar-refractivity contribution >= 4 is 32.3 Å². The van der Waals surface area contributed by atoms with Crippen LogP contribution in [0.3, 0.4) is 0 Å². The Morgan fingerprint density at radius 3 is 2.71 bits per heavy atom. The fraction of sp³-hybridized carbons (Fsp3) is 0.0556. The lowest BCUT2D eigenvalue weighted by Crippen LogP contribution is -2.01. The van der Waals surface area contributed by atoms with E-state index in [1.807, 2.05) is 42.5 Å². The molecule has 2 aromatic heterocycles. The van der Waals surface area contributed by atoms with Crippen LogP contribution in [0.2, 0.25) is 0 Å². The summed E-state index contributed by atoms with van der Waals surface area (Å²) in [6.45, 7) is 0. The van der Waals surface area contributed by atoms with Gasteiger partial charge in [-0.15, -0.1) is 11.3 Å². The van der Waals surface area contributed by atoms with Crippen LogP contribution in [-0.4, -0.2) is 10.1 Å². The van der Waals surface area contributed by atoms with Crippen LogP contribution in [0.25, 0.3) is 21.0 Å². The van der Waals surface area contributed by atoms with Crippen LogP contribution >= 0.6 is 11.3 Å². The fourth-order valence-electron chi connectivity index (χ4n) is 2.76. The van der Waals surface area contributed by atoms with Gasteiger partial charge in [-0.05, 0) is 34.5 Å². The SMILES string of the molecule is OC(c1cccc2ncccc12)c1cccc2ccsc12. The highest BCUT2D eigenvalue weighted by atomic mass is 32.1. The lowest BCUT2D eigenvalue weighted by Gasteiger charge is -2.14. The zero-order valence-corrected chi connectivity index (χ0v) is 12.0. The van der Waals surface area contributed by atoms with Crippen LogP contribution in [0.5, 0.6) is 0 Å². The summed E-state index contributed by atoms with van der Waals surface area (Å²) < 4.78 is 1.14. The van der Waals surface area contributed by atoms with Crippen LogP contribution < -0.4 is 0 Å². The largest absolute Gasteiger partial charge is 0.384 e. The van der Waals surface area contributed by atoms with Crippen molar-refractivity contribution in [3.05, 3.63) is 77.3 Å². The summed E-state index contributed by atoms with van der Waals surface area (Å²) in [6.07, 6.45) is 1.14. The van der Waals surface area contributed by atoms with Gasteiger partial charge in [0.2, 0.25) is 0 Å². The van der Waals surface area contributed by atoms with Gasteiger partial charge in [0.25, 0.3) is 0 Å². The monoisotopic (exact) mass is 291 g/mol. The molecule has 4 rings (SSSR count). The van der Waals surface area contributed by atoms with Gasteiger partial charge in [0.1, 0.15) is 6.10 Å². The van der Waals surface area contributed by atoms with Gasteiger partial charge in [-0.1, -0.05) is 36.4 Å². The van der Waals surface area contributed by atoms with Crippen molar-refractivity contribution < 1.29 is 5.11 Å². The molecule has 0 saturated heterocycles. The topological polar surface area (TPSA) is 33.1 Å². The molecule has 0 radical (unpaired) electrons. The Morgan fingerprint density at radius 2 is 1.76 bits per heavy atom. The highest BCUT2D eigenvalue weighted by Crippen LogP contribution is 2.34.